The van der Waals surface area contributed by atoms with Gasteiger partial charge in [-0.1, -0.05) is 17.7 Å². The second-order valence-electron chi connectivity index (χ2n) is 5.45. The van der Waals surface area contributed by atoms with E-state index >= 15 is 0 Å². The van der Waals surface area contributed by atoms with Crippen LogP contribution in [0, 0.1) is 11.3 Å². The molecule has 7 heteroatoms. The highest BCUT2D eigenvalue weighted by atomic mass is 35.5. The molecular weight excluding hydrogens is 362 g/mol. The minimum atomic E-state index is -0.338. The van der Waals surface area contributed by atoms with Crippen molar-refractivity contribution in [2.45, 2.75) is 25.7 Å². The van der Waals surface area contributed by atoms with Crippen molar-refractivity contribution in [2.24, 2.45) is 0 Å². The van der Waals surface area contributed by atoms with Crippen LogP contribution in [0.2, 0.25) is 5.02 Å². The number of halogens is 1. The molecule has 122 valence electrons. The average Bonchev–Trinajstić information content (AvgIpc) is 2.91. The normalized spacial score (nSPS) is 12.8. The molecule has 1 heterocycles. The summed E-state index contributed by atoms with van der Waals surface area (Å²) >= 11 is 12.7. The molecule has 0 spiro atoms. The Balaban J connectivity index is 1.72. The van der Waals surface area contributed by atoms with Gasteiger partial charge < -0.3 is 5.32 Å². The zero-order valence-electron chi connectivity index (χ0n) is 12.7. The average molecular weight is 376 g/mol. The van der Waals surface area contributed by atoms with Crippen LogP contribution in [-0.4, -0.2) is 11.0 Å². The molecule has 0 fully saturated rings. The first-order valence-corrected chi connectivity index (χ1v) is 9.11. The Labute approximate surface area is 154 Å². The maximum absolute atomic E-state index is 12.2. The summed E-state index contributed by atoms with van der Waals surface area (Å²) in [5, 5.41) is 16.4. The molecule has 3 rings (SSSR count). The standard InChI is InChI=1S/C17H14ClN3OS2/c18-11-5-3-4-10(8-11)15(22)20-17(23)21-16-13(9-19)12-6-1-2-7-14(12)24-16/h3-5,8H,1-2,6-7H2,(H2,20,21,22,23). The second kappa shape index (κ2) is 7.31. The van der Waals surface area contributed by atoms with Crippen molar-refractivity contribution in [3.05, 3.63) is 50.9 Å². The summed E-state index contributed by atoms with van der Waals surface area (Å²) in [7, 11) is 0. The molecule has 1 aliphatic rings. The summed E-state index contributed by atoms with van der Waals surface area (Å²) in [5.74, 6) is -0.338. The first kappa shape index (κ1) is 16.9. The summed E-state index contributed by atoms with van der Waals surface area (Å²) in [6.45, 7) is 0. The Morgan fingerprint density at radius 3 is 2.88 bits per heavy atom. The van der Waals surface area contributed by atoms with Crippen LogP contribution in [0.25, 0.3) is 0 Å². The quantitative estimate of drug-likeness (QED) is 0.769. The SMILES string of the molecule is N#Cc1c(NC(=S)NC(=O)c2cccc(Cl)c2)sc2c1CCCC2. The van der Waals surface area contributed by atoms with Crippen molar-refractivity contribution in [3.63, 3.8) is 0 Å². The lowest BCUT2D eigenvalue weighted by atomic mass is 9.96. The maximum Gasteiger partial charge on any atom is 0.257 e. The Kier molecular flexibility index (Phi) is 5.14. The van der Waals surface area contributed by atoms with Crippen LogP contribution < -0.4 is 10.6 Å². The monoisotopic (exact) mass is 375 g/mol. The van der Waals surface area contributed by atoms with Crippen molar-refractivity contribution >= 4 is 51.2 Å². The first-order chi connectivity index (χ1) is 11.6. The number of nitrogens with zero attached hydrogens (tertiary/aromatic N) is 1. The number of thiophene rings is 1. The molecule has 0 atom stereocenters. The Morgan fingerprint density at radius 2 is 2.12 bits per heavy atom. The Hall–Kier alpha value is -1.94. The van der Waals surface area contributed by atoms with Crippen molar-refractivity contribution < 1.29 is 4.79 Å². The fourth-order valence-electron chi connectivity index (χ4n) is 2.71. The number of carbonyl (C=O) groups excluding carboxylic acids is 1. The lowest BCUT2D eigenvalue weighted by Gasteiger charge is -2.10. The van der Waals surface area contributed by atoms with E-state index < -0.39 is 0 Å². The third-order valence-corrected chi connectivity index (χ3v) is 5.47. The third kappa shape index (κ3) is 3.59. The number of nitrogens with one attached hydrogen (secondary N) is 2. The van der Waals surface area contributed by atoms with E-state index in [9.17, 15) is 10.1 Å². The zero-order chi connectivity index (χ0) is 17.1. The van der Waals surface area contributed by atoms with Gasteiger partial charge >= 0.3 is 0 Å². The summed E-state index contributed by atoms with van der Waals surface area (Å²) in [6, 6.07) is 8.90. The van der Waals surface area contributed by atoms with Gasteiger partial charge in [-0.2, -0.15) is 5.26 Å². The van der Waals surface area contributed by atoms with Crippen LogP contribution in [0.4, 0.5) is 5.00 Å². The van der Waals surface area contributed by atoms with Gasteiger partial charge in [0.2, 0.25) is 0 Å². The highest BCUT2D eigenvalue weighted by Crippen LogP contribution is 2.37. The molecule has 4 nitrogen and oxygen atoms in total. The van der Waals surface area contributed by atoms with Crippen LogP contribution in [0.5, 0.6) is 0 Å². The number of hydrogen-bond acceptors (Lipinski definition) is 4. The molecule has 0 saturated heterocycles. The van der Waals surface area contributed by atoms with Crippen LogP contribution in [-0.2, 0) is 12.8 Å². The number of rotatable bonds is 2. The number of benzene rings is 1. The fourth-order valence-corrected chi connectivity index (χ4v) is 4.41. The smallest absolute Gasteiger partial charge is 0.257 e. The highest BCUT2D eigenvalue weighted by molar-refractivity contribution is 7.80. The van der Waals surface area contributed by atoms with Crippen molar-refractivity contribution in [1.29, 1.82) is 5.26 Å². The molecule has 0 aliphatic heterocycles. The molecule has 0 radical (unpaired) electrons. The lowest BCUT2D eigenvalue weighted by Crippen LogP contribution is -2.34. The largest absolute Gasteiger partial charge is 0.323 e. The minimum Gasteiger partial charge on any atom is -0.323 e. The molecule has 1 aromatic heterocycles. The number of anilines is 1. The molecule has 1 aromatic carbocycles. The summed E-state index contributed by atoms with van der Waals surface area (Å²) < 4.78 is 0. The van der Waals surface area contributed by atoms with Gasteiger partial charge in [-0.05, 0) is 61.7 Å². The van der Waals surface area contributed by atoms with Gasteiger partial charge in [0.05, 0.1) is 5.56 Å². The predicted molar refractivity (Wildman–Crippen MR) is 101 cm³/mol. The number of nitriles is 1. The topological polar surface area (TPSA) is 64.9 Å². The first-order valence-electron chi connectivity index (χ1n) is 7.51. The zero-order valence-corrected chi connectivity index (χ0v) is 15.1. The highest BCUT2D eigenvalue weighted by Gasteiger charge is 2.21. The summed E-state index contributed by atoms with van der Waals surface area (Å²) in [6.07, 6.45) is 4.18. The van der Waals surface area contributed by atoms with Crippen LogP contribution in [0.3, 0.4) is 0 Å². The molecular formula is C17H14ClN3OS2. The Morgan fingerprint density at radius 1 is 1.33 bits per heavy atom. The van der Waals surface area contributed by atoms with Gasteiger partial charge in [-0.3, -0.25) is 10.1 Å². The second-order valence-corrected chi connectivity index (χ2v) is 7.40. The van der Waals surface area contributed by atoms with E-state index in [1.54, 1.807) is 35.6 Å². The van der Waals surface area contributed by atoms with Crippen molar-refractivity contribution in [1.82, 2.24) is 5.32 Å². The number of amides is 1. The van der Waals surface area contributed by atoms with Gasteiger partial charge in [0.25, 0.3) is 5.91 Å². The maximum atomic E-state index is 12.2. The van der Waals surface area contributed by atoms with E-state index in [0.29, 0.717) is 21.2 Å². The number of hydrogen-bond donors (Lipinski definition) is 2. The van der Waals surface area contributed by atoms with E-state index in [0.717, 1.165) is 31.2 Å². The fraction of sp³-hybridized carbons (Fsp3) is 0.235. The molecule has 2 N–H and O–H groups in total. The molecule has 2 aromatic rings. The van der Waals surface area contributed by atoms with Gasteiger partial charge in [0, 0.05) is 15.5 Å². The molecule has 0 unspecified atom stereocenters. The summed E-state index contributed by atoms with van der Waals surface area (Å²) in [4.78, 5) is 13.4. The number of carbonyl (C=O) groups is 1. The van der Waals surface area contributed by atoms with Gasteiger partial charge in [-0.15, -0.1) is 11.3 Å². The summed E-state index contributed by atoms with van der Waals surface area (Å²) in [5.41, 5.74) is 2.20. The van der Waals surface area contributed by atoms with Crippen molar-refractivity contribution in [2.75, 3.05) is 5.32 Å². The van der Waals surface area contributed by atoms with E-state index in [4.69, 9.17) is 23.8 Å². The third-order valence-electron chi connectivity index (χ3n) is 3.82. The van der Waals surface area contributed by atoms with Crippen LogP contribution in [0.15, 0.2) is 24.3 Å². The van der Waals surface area contributed by atoms with E-state index in [1.807, 2.05) is 0 Å². The van der Waals surface area contributed by atoms with Crippen LogP contribution >= 0.6 is 35.2 Å². The molecule has 0 bridgehead atoms. The molecule has 0 saturated carbocycles. The predicted octanol–water partition coefficient (Wildman–Crippen LogP) is 4.28. The number of aryl methyl sites for hydroxylation is 1. The van der Waals surface area contributed by atoms with E-state index in [1.165, 1.54) is 4.88 Å². The van der Waals surface area contributed by atoms with E-state index in [-0.39, 0.29) is 11.0 Å². The Bertz CT molecular complexity index is 854. The van der Waals surface area contributed by atoms with Gasteiger partial charge in [0.15, 0.2) is 5.11 Å². The minimum absolute atomic E-state index is 0.176. The molecule has 1 aliphatic carbocycles. The number of thiocarbonyl (C=S) groups is 1. The lowest BCUT2D eigenvalue weighted by molar-refractivity contribution is 0.0977. The van der Waals surface area contributed by atoms with Gasteiger partial charge in [-0.25, -0.2) is 0 Å². The molecule has 1 amide bonds. The van der Waals surface area contributed by atoms with E-state index in [2.05, 4.69) is 16.7 Å². The van der Waals surface area contributed by atoms with Crippen molar-refractivity contribution in [3.8, 4) is 6.07 Å². The van der Waals surface area contributed by atoms with Gasteiger partial charge in [0.1, 0.15) is 11.1 Å². The number of fused-ring (bicyclic) bond motifs is 1. The molecule has 24 heavy (non-hydrogen) atoms. The van der Waals surface area contributed by atoms with Crippen LogP contribution in [0.1, 0.15) is 39.2 Å².